The Morgan fingerprint density at radius 1 is 1.03 bits per heavy atom. The van der Waals surface area contributed by atoms with Crippen molar-refractivity contribution in [1.29, 1.82) is 0 Å². The molecule has 176 valence electrons. The number of pyridine rings is 3. The summed E-state index contributed by atoms with van der Waals surface area (Å²) >= 11 is 6.52. The van der Waals surface area contributed by atoms with Crippen LogP contribution in [0, 0.1) is 24.4 Å². The number of halogens is 4. The van der Waals surface area contributed by atoms with Gasteiger partial charge in [-0.25, -0.2) is 23.1 Å². The molecule has 1 atom stereocenters. The predicted molar refractivity (Wildman–Crippen MR) is 130 cm³/mol. The minimum atomic E-state index is -2.57. The number of benzene rings is 1. The number of aryl methyl sites for hydroxylation is 1. The molecule has 0 spiro atoms. The van der Waals surface area contributed by atoms with E-state index in [2.05, 4.69) is 20.3 Å². The number of nitrogens with one attached hydrogen (secondary N) is 1. The molecule has 0 bridgehead atoms. The standard InChI is InChI=1S/C24H21ClF3N4OP/c1-12(16-7-6-15(26)9-17(16)27)31-24-21(25)13(2)30-19-10-18(28)22(32-23(19)24)14-5-8-20(29-11-14)34(3,4)33/h5-12H,1-4H3,(H,30,31)/t12-/m1/s1. The van der Waals surface area contributed by atoms with Gasteiger partial charge in [-0.3, -0.25) is 4.98 Å². The lowest BCUT2D eigenvalue weighted by atomic mass is 10.1. The van der Waals surface area contributed by atoms with Crippen molar-refractivity contribution >= 4 is 40.9 Å². The first kappa shape index (κ1) is 24.2. The molecule has 3 heterocycles. The van der Waals surface area contributed by atoms with E-state index in [4.69, 9.17) is 11.6 Å². The normalized spacial score (nSPS) is 12.7. The fraction of sp³-hybridized carbons (Fsp3) is 0.208. The minimum absolute atomic E-state index is 0.0129. The average Bonchev–Trinajstić information content (AvgIpc) is 2.76. The third-order valence-electron chi connectivity index (χ3n) is 5.38. The summed E-state index contributed by atoms with van der Waals surface area (Å²) in [7, 11) is -2.57. The zero-order valence-corrected chi connectivity index (χ0v) is 20.5. The van der Waals surface area contributed by atoms with Crippen LogP contribution in [-0.2, 0) is 4.57 Å². The van der Waals surface area contributed by atoms with Crippen molar-refractivity contribution in [3.8, 4) is 11.3 Å². The van der Waals surface area contributed by atoms with Gasteiger partial charge in [0.2, 0.25) is 0 Å². The summed E-state index contributed by atoms with van der Waals surface area (Å²) < 4.78 is 54.9. The van der Waals surface area contributed by atoms with E-state index in [9.17, 15) is 17.7 Å². The van der Waals surface area contributed by atoms with Crippen LogP contribution in [0.15, 0.2) is 42.6 Å². The van der Waals surface area contributed by atoms with Gasteiger partial charge >= 0.3 is 0 Å². The molecule has 0 aliphatic heterocycles. The lowest BCUT2D eigenvalue weighted by molar-refractivity contribution is 0.566. The monoisotopic (exact) mass is 504 g/mol. The lowest BCUT2D eigenvalue weighted by Crippen LogP contribution is -2.11. The Morgan fingerprint density at radius 3 is 2.38 bits per heavy atom. The number of fused-ring (bicyclic) bond motifs is 1. The Labute approximate surface area is 199 Å². The summed E-state index contributed by atoms with van der Waals surface area (Å²) in [4.78, 5) is 13.0. The SMILES string of the molecule is Cc1nc2cc(F)c(-c3ccc(P(C)(C)=O)nc3)nc2c(N[C@H](C)c2ccc(F)cc2F)c1Cl. The molecule has 0 aliphatic rings. The van der Waals surface area contributed by atoms with Crippen molar-refractivity contribution in [3.63, 3.8) is 0 Å². The largest absolute Gasteiger partial charge is 0.375 e. The van der Waals surface area contributed by atoms with Crippen LogP contribution < -0.4 is 10.8 Å². The van der Waals surface area contributed by atoms with E-state index >= 15 is 0 Å². The maximum Gasteiger partial charge on any atom is 0.151 e. The number of aromatic nitrogens is 3. The Hall–Kier alpha value is -2.96. The zero-order valence-electron chi connectivity index (χ0n) is 18.8. The molecule has 0 fully saturated rings. The van der Waals surface area contributed by atoms with Crippen LogP contribution in [0.4, 0.5) is 18.9 Å². The van der Waals surface area contributed by atoms with Gasteiger partial charge in [0, 0.05) is 29.5 Å². The molecular weight excluding hydrogens is 484 g/mol. The van der Waals surface area contributed by atoms with E-state index in [0.29, 0.717) is 22.4 Å². The van der Waals surface area contributed by atoms with E-state index in [1.165, 1.54) is 24.4 Å². The molecular formula is C24H21ClF3N4OP. The molecule has 3 aromatic heterocycles. The quantitative estimate of drug-likeness (QED) is 0.315. The molecule has 0 amide bonds. The first-order valence-corrected chi connectivity index (χ1v) is 13.3. The number of hydrogen-bond donors (Lipinski definition) is 1. The van der Waals surface area contributed by atoms with Gasteiger partial charge in [-0.1, -0.05) is 17.7 Å². The Kier molecular flexibility index (Phi) is 6.40. The molecule has 5 nitrogen and oxygen atoms in total. The van der Waals surface area contributed by atoms with Crippen LogP contribution in [0.5, 0.6) is 0 Å². The van der Waals surface area contributed by atoms with Crippen molar-refractivity contribution in [2.45, 2.75) is 19.9 Å². The fourth-order valence-electron chi connectivity index (χ4n) is 3.59. The highest BCUT2D eigenvalue weighted by atomic mass is 35.5. The third-order valence-corrected chi connectivity index (χ3v) is 7.21. The van der Waals surface area contributed by atoms with Crippen molar-refractivity contribution in [3.05, 3.63) is 76.3 Å². The summed E-state index contributed by atoms with van der Waals surface area (Å²) in [6.45, 7) is 6.55. The molecule has 0 unspecified atom stereocenters. The number of rotatable bonds is 5. The van der Waals surface area contributed by atoms with Crippen LogP contribution in [0.25, 0.3) is 22.3 Å². The third kappa shape index (κ3) is 4.65. The molecule has 10 heteroatoms. The molecule has 0 radical (unpaired) electrons. The summed E-state index contributed by atoms with van der Waals surface area (Å²) in [6.07, 6.45) is 1.42. The van der Waals surface area contributed by atoms with Gasteiger partial charge in [-0.05, 0) is 45.4 Å². The van der Waals surface area contributed by atoms with Crippen LogP contribution in [0.1, 0.15) is 24.2 Å². The van der Waals surface area contributed by atoms with Gasteiger partial charge in [-0.2, -0.15) is 0 Å². The summed E-state index contributed by atoms with van der Waals surface area (Å²) in [5.41, 5.74) is 2.37. The van der Waals surface area contributed by atoms with Crippen molar-refractivity contribution in [1.82, 2.24) is 15.0 Å². The smallest absolute Gasteiger partial charge is 0.151 e. The van der Waals surface area contributed by atoms with Crippen molar-refractivity contribution < 1.29 is 17.7 Å². The summed E-state index contributed by atoms with van der Waals surface area (Å²) in [5, 5.41) is 3.37. The molecule has 0 saturated heterocycles. The molecule has 4 rings (SSSR count). The molecule has 1 N–H and O–H groups in total. The maximum atomic E-state index is 15.0. The van der Waals surface area contributed by atoms with Gasteiger partial charge in [-0.15, -0.1) is 0 Å². The van der Waals surface area contributed by atoms with Gasteiger partial charge in [0.15, 0.2) is 5.82 Å². The van der Waals surface area contributed by atoms with E-state index in [-0.39, 0.29) is 27.3 Å². The predicted octanol–water partition coefficient (Wildman–Crippen LogP) is 6.49. The molecule has 0 aliphatic carbocycles. The summed E-state index contributed by atoms with van der Waals surface area (Å²) in [5.74, 6) is -2.00. The number of hydrogen-bond acceptors (Lipinski definition) is 5. The topological polar surface area (TPSA) is 67.8 Å². The Bertz CT molecular complexity index is 1460. The van der Waals surface area contributed by atoms with Crippen LogP contribution in [0.3, 0.4) is 0 Å². The van der Waals surface area contributed by atoms with Gasteiger partial charge in [0.1, 0.15) is 30.0 Å². The molecule has 34 heavy (non-hydrogen) atoms. The van der Waals surface area contributed by atoms with Crippen LogP contribution in [-0.4, -0.2) is 28.3 Å². The first-order chi connectivity index (χ1) is 16.0. The lowest BCUT2D eigenvalue weighted by Gasteiger charge is -2.20. The second kappa shape index (κ2) is 9.01. The van der Waals surface area contributed by atoms with Gasteiger partial charge in [0.25, 0.3) is 0 Å². The molecule has 1 aromatic carbocycles. The van der Waals surface area contributed by atoms with Crippen molar-refractivity contribution in [2.75, 3.05) is 18.6 Å². The number of nitrogens with zero attached hydrogens (tertiary/aromatic N) is 3. The second-order valence-electron chi connectivity index (χ2n) is 8.36. The van der Waals surface area contributed by atoms with Crippen molar-refractivity contribution in [2.24, 2.45) is 0 Å². The molecule has 4 aromatic rings. The molecule has 0 saturated carbocycles. The van der Waals surface area contributed by atoms with E-state index in [1.54, 1.807) is 39.3 Å². The Balaban J connectivity index is 1.83. The van der Waals surface area contributed by atoms with E-state index in [1.807, 2.05) is 0 Å². The number of anilines is 1. The highest BCUT2D eigenvalue weighted by Crippen LogP contribution is 2.37. The second-order valence-corrected chi connectivity index (χ2v) is 11.9. The van der Waals surface area contributed by atoms with E-state index in [0.717, 1.165) is 6.07 Å². The summed E-state index contributed by atoms with van der Waals surface area (Å²) in [6, 6.07) is 7.14. The highest BCUT2D eigenvalue weighted by molar-refractivity contribution is 7.69. The minimum Gasteiger partial charge on any atom is -0.375 e. The highest BCUT2D eigenvalue weighted by Gasteiger charge is 2.21. The van der Waals surface area contributed by atoms with Gasteiger partial charge in [0.05, 0.1) is 33.4 Å². The van der Waals surface area contributed by atoms with E-state index < -0.39 is 30.6 Å². The average molecular weight is 505 g/mol. The van der Waals surface area contributed by atoms with Gasteiger partial charge < -0.3 is 9.88 Å². The van der Waals surface area contributed by atoms with Crippen LogP contribution >= 0.6 is 18.7 Å². The first-order valence-electron chi connectivity index (χ1n) is 10.4. The van der Waals surface area contributed by atoms with Crippen LogP contribution in [0.2, 0.25) is 5.02 Å². The fourth-order valence-corrected chi connectivity index (χ4v) is 4.54. The maximum absolute atomic E-state index is 15.0. The zero-order chi connectivity index (χ0) is 24.8. The Morgan fingerprint density at radius 2 is 1.76 bits per heavy atom.